The minimum atomic E-state index is 0.492. The van der Waals surface area contributed by atoms with Crippen LogP contribution in [0, 0.1) is 5.92 Å². The lowest BCUT2D eigenvalue weighted by Crippen LogP contribution is -2.08. The lowest BCUT2D eigenvalue weighted by Gasteiger charge is -2.07. The molecule has 0 aromatic heterocycles. The summed E-state index contributed by atoms with van der Waals surface area (Å²) >= 11 is 1.84. The monoisotopic (exact) mass is 276 g/mol. The summed E-state index contributed by atoms with van der Waals surface area (Å²) in [6.45, 7) is 6.74. The summed E-state index contributed by atoms with van der Waals surface area (Å²) in [7, 11) is 0. The first-order chi connectivity index (χ1) is 9.17. The third-order valence-electron chi connectivity index (χ3n) is 3.20. The highest BCUT2D eigenvalue weighted by Gasteiger charge is 2.19. The lowest BCUT2D eigenvalue weighted by atomic mass is 10.1. The van der Waals surface area contributed by atoms with Crippen LogP contribution in [0.25, 0.3) is 0 Å². The normalized spacial score (nSPS) is 18.7. The molecule has 1 aliphatic heterocycles. The van der Waals surface area contributed by atoms with Crippen molar-refractivity contribution >= 4 is 22.6 Å². The van der Waals surface area contributed by atoms with Crippen LogP contribution >= 0.6 is 11.8 Å². The maximum Gasteiger partial charge on any atom is 0.161 e. The van der Waals surface area contributed by atoms with Gasteiger partial charge < -0.3 is 5.32 Å². The van der Waals surface area contributed by atoms with E-state index in [1.54, 1.807) is 0 Å². The van der Waals surface area contributed by atoms with Gasteiger partial charge >= 0.3 is 0 Å². The van der Waals surface area contributed by atoms with E-state index in [0.29, 0.717) is 6.04 Å². The van der Waals surface area contributed by atoms with E-state index in [1.807, 2.05) is 11.8 Å². The van der Waals surface area contributed by atoms with E-state index in [9.17, 15) is 0 Å². The zero-order valence-corrected chi connectivity index (χ0v) is 13.0. The molecule has 2 rings (SSSR count). The summed E-state index contributed by atoms with van der Waals surface area (Å²) in [5.41, 5.74) is 2.56. The molecule has 1 aliphatic rings. The summed E-state index contributed by atoms with van der Waals surface area (Å²) < 4.78 is 0. The molecule has 0 amide bonds. The van der Waals surface area contributed by atoms with Crippen LogP contribution in [0.2, 0.25) is 0 Å². The van der Waals surface area contributed by atoms with Crippen LogP contribution in [0.4, 0.5) is 5.69 Å². The van der Waals surface area contributed by atoms with E-state index in [2.05, 4.69) is 50.4 Å². The Bertz CT molecular complexity index is 423. The largest absolute Gasteiger partial charge is 0.335 e. The Balaban J connectivity index is 1.90. The SMILES string of the molecule is CCCc1ccc(NC2=NC(CC(C)C)CS2)cc1. The van der Waals surface area contributed by atoms with Crippen LogP contribution in [0.5, 0.6) is 0 Å². The fourth-order valence-corrected chi connectivity index (χ4v) is 3.29. The molecule has 19 heavy (non-hydrogen) atoms. The number of thioether (sulfide) groups is 1. The predicted octanol–water partition coefficient (Wildman–Crippen LogP) is 4.57. The molecule has 104 valence electrons. The highest BCUT2D eigenvalue weighted by Crippen LogP contribution is 2.24. The molecule has 0 saturated carbocycles. The van der Waals surface area contributed by atoms with Gasteiger partial charge in [0.05, 0.1) is 6.04 Å². The van der Waals surface area contributed by atoms with Crippen molar-refractivity contribution in [1.82, 2.24) is 0 Å². The Hall–Kier alpha value is -0.960. The molecule has 2 nitrogen and oxygen atoms in total. The Morgan fingerprint density at radius 1 is 1.32 bits per heavy atom. The van der Waals surface area contributed by atoms with Gasteiger partial charge in [-0.1, -0.05) is 51.1 Å². The molecule has 0 saturated heterocycles. The summed E-state index contributed by atoms with van der Waals surface area (Å²) in [4.78, 5) is 4.75. The van der Waals surface area contributed by atoms with Gasteiger partial charge in [-0.15, -0.1) is 0 Å². The first-order valence-corrected chi connectivity index (χ1v) is 8.22. The fraction of sp³-hybridized carbons (Fsp3) is 0.562. The number of aliphatic imine (C=N–C) groups is 1. The van der Waals surface area contributed by atoms with Gasteiger partial charge in [-0.05, 0) is 36.5 Å². The molecule has 0 fully saturated rings. The molecule has 1 N–H and O–H groups in total. The Labute approximate surface area is 121 Å². The van der Waals surface area contributed by atoms with Crippen molar-refractivity contribution in [3.63, 3.8) is 0 Å². The van der Waals surface area contributed by atoms with Crippen LogP contribution in [0.3, 0.4) is 0 Å². The van der Waals surface area contributed by atoms with Crippen molar-refractivity contribution in [3.05, 3.63) is 29.8 Å². The van der Waals surface area contributed by atoms with Gasteiger partial charge in [-0.25, -0.2) is 0 Å². The summed E-state index contributed by atoms with van der Waals surface area (Å²) in [5, 5.41) is 4.50. The average molecular weight is 276 g/mol. The highest BCUT2D eigenvalue weighted by atomic mass is 32.2. The second-order valence-corrected chi connectivity index (χ2v) is 6.61. The average Bonchev–Trinajstić information content (AvgIpc) is 2.78. The van der Waals surface area contributed by atoms with Crippen molar-refractivity contribution in [2.75, 3.05) is 11.1 Å². The number of hydrogen-bond acceptors (Lipinski definition) is 3. The zero-order chi connectivity index (χ0) is 13.7. The van der Waals surface area contributed by atoms with E-state index < -0.39 is 0 Å². The summed E-state index contributed by atoms with van der Waals surface area (Å²) in [6, 6.07) is 9.22. The first-order valence-electron chi connectivity index (χ1n) is 7.24. The number of rotatable bonds is 5. The number of amidine groups is 1. The van der Waals surface area contributed by atoms with Gasteiger partial charge in [0.15, 0.2) is 5.17 Å². The quantitative estimate of drug-likeness (QED) is 0.852. The molecule has 1 aromatic carbocycles. The molecular weight excluding hydrogens is 252 g/mol. The number of benzene rings is 1. The zero-order valence-electron chi connectivity index (χ0n) is 12.1. The van der Waals surface area contributed by atoms with Crippen LogP contribution in [0.15, 0.2) is 29.3 Å². The van der Waals surface area contributed by atoms with E-state index in [1.165, 1.54) is 18.4 Å². The topological polar surface area (TPSA) is 24.4 Å². The second-order valence-electron chi connectivity index (χ2n) is 5.60. The molecule has 0 aliphatic carbocycles. The summed E-state index contributed by atoms with van der Waals surface area (Å²) in [6.07, 6.45) is 3.55. The van der Waals surface area contributed by atoms with Crippen LogP contribution in [-0.2, 0) is 6.42 Å². The van der Waals surface area contributed by atoms with Crippen LogP contribution in [0.1, 0.15) is 39.2 Å². The molecule has 1 aromatic rings. The van der Waals surface area contributed by atoms with Crippen molar-refractivity contribution in [1.29, 1.82) is 0 Å². The lowest BCUT2D eigenvalue weighted by molar-refractivity contribution is 0.529. The summed E-state index contributed by atoms with van der Waals surface area (Å²) in [5.74, 6) is 1.84. The number of anilines is 1. The van der Waals surface area contributed by atoms with Gasteiger partial charge in [0, 0.05) is 11.4 Å². The van der Waals surface area contributed by atoms with Crippen molar-refractivity contribution in [3.8, 4) is 0 Å². The maximum absolute atomic E-state index is 4.75. The van der Waals surface area contributed by atoms with Gasteiger partial charge in [0.25, 0.3) is 0 Å². The van der Waals surface area contributed by atoms with E-state index in [4.69, 9.17) is 4.99 Å². The van der Waals surface area contributed by atoms with Gasteiger partial charge in [0.1, 0.15) is 0 Å². The number of hydrogen-bond donors (Lipinski definition) is 1. The number of aryl methyl sites for hydroxylation is 1. The van der Waals surface area contributed by atoms with Gasteiger partial charge in [-0.3, -0.25) is 4.99 Å². The molecular formula is C16H24N2S. The smallest absolute Gasteiger partial charge is 0.161 e. The molecule has 0 spiro atoms. The minimum Gasteiger partial charge on any atom is -0.335 e. The molecule has 0 bridgehead atoms. The van der Waals surface area contributed by atoms with Crippen molar-refractivity contribution in [2.24, 2.45) is 10.9 Å². The molecule has 1 atom stereocenters. The van der Waals surface area contributed by atoms with Crippen molar-refractivity contribution < 1.29 is 0 Å². The Kier molecular flexibility index (Phi) is 5.32. The highest BCUT2D eigenvalue weighted by molar-refractivity contribution is 8.14. The van der Waals surface area contributed by atoms with E-state index in [0.717, 1.165) is 28.9 Å². The van der Waals surface area contributed by atoms with Gasteiger partial charge in [0.2, 0.25) is 0 Å². The first kappa shape index (κ1) is 14.4. The van der Waals surface area contributed by atoms with E-state index >= 15 is 0 Å². The van der Waals surface area contributed by atoms with E-state index in [-0.39, 0.29) is 0 Å². The van der Waals surface area contributed by atoms with Crippen LogP contribution < -0.4 is 5.32 Å². The predicted molar refractivity (Wildman–Crippen MR) is 87.2 cm³/mol. The molecule has 3 heteroatoms. The second kappa shape index (κ2) is 6.99. The van der Waals surface area contributed by atoms with Crippen LogP contribution in [-0.4, -0.2) is 17.0 Å². The van der Waals surface area contributed by atoms with Crippen molar-refractivity contribution in [2.45, 2.75) is 46.1 Å². The Morgan fingerprint density at radius 3 is 2.68 bits per heavy atom. The third kappa shape index (κ3) is 4.57. The third-order valence-corrected chi connectivity index (χ3v) is 4.23. The fourth-order valence-electron chi connectivity index (χ4n) is 2.32. The molecule has 1 heterocycles. The Morgan fingerprint density at radius 2 is 2.05 bits per heavy atom. The molecule has 0 radical (unpaired) electrons. The molecule has 1 unspecified atom stereocenters. The standard InChI is InChI=1S/C16H24N2S/c1-4-5-13-6-8-14(9-7-13)17-16-18-15(11-19-16)10-12(2)3/h6-9,12,15H,4-5,10-11H2,1-3H3,(H,17,18). The number of nitrogens with zero attached hydrogens (tertiary/aromatic N) is 1. The maximum atomic E-state index is 4.75. The minimum absolute atomic E-state index is 0.492. The number of nitrogens with one attached hydrogen (secondary N) is 1. The van der Waals surface area contributed by atoms with Gasteiger partial charge in [-0.2, -0.15) is 0 Å².